The number of nitrogens with two attached hydrogens (primary N) is 1. The molecule has 94 valence electrons. The van der Waals surface area contributed by atoms with Crippen LogP contribution in [0.25, 0.3) is 0 Å². The number of methoxy groups -OCH3 is 1. The quantitative estimate of drug-likeness (QED) is 0.812. The van der Waals surface area contributed by atoms with Crippen molar-refractivity contribution in [1.82, 2.24) is 4.90 Å². The van der Waals surface area contributed by atoms with E-state index < -0.39 is 0 Å². The topological polar surface area (TPSA) is 55.6 Å². The average molecular weight is 236 g/mol. The molecule has 1 amide bonds. The van der Waals surface area contributed by atoms with Gasteiger partial charge in [0.25, 0.3) is 0 Å². The van der Waals surface area contributed by atoms with E-state index >= 15 is 0 Å². The first-order valence-electron chi connectivity index (χ1n) is 5.71. The van der Waals surface area contributed by atoms with Crippen LogP contribution in [0.3, 0.4) is 0 Å². The van der Waals surface area contributed by atoms with E-state index in [1.807, 2.05) is 43.1 Å². The molecule has 4 heteroatoms. The van der Waals surface area contributed by atoms with Gasteiger partial charge in [-0.2, -0.15) is 0 Å². The molecule has 0 fully saturated rings. The van der Waals surface area contributed by atoms with Gasteiger partial charge in [-0.15, -0.1) is 0 Å². The number of likely N-dealkylation sites (N-methyl/N-ethyl adjacent to an activating group) is 1. The molecular weight excluding hydrogens is 216 g/mol. The summed E-state index contributed by atoms with van der Waals surface area (Å²) in [5.74, 6) is 0.545. The minimum Gasteiger partial charge on any atom is -0.496 e. The Bertz CT molecular complexity index is 379. The van der Waals surface area contributed by atoms with Gasteiger partial charge in [-0.05, 0) is 19.5 Å². The van der Waals surface area contributed by atoms with Crippen molar-refractivity contribution in [3.8, 4) is 5.75 Å². The van der Waals surface area contributed by atoms with E-state index in [1.165, 1.54) is 0 Å². The minimum absolute atomic E-state index is 0.236. The molecule has 0 saturated heterocycles. The normalized spacial score (nSPS) is 12.5. The lowest BCUT2D eigenvalue weighted by Crippen LogP contribution is -2.41. The highest BCUT2D eigenvalue weighted by molar-refractivity contribution is 5.79. The Labute approximate surface area is 102 Å². The molecule has 0 saturated carbocycles. The summed E-state index contributed by atoms with van der Waals surface area (Å²) >= 11 is 0. The van der Waals surface area contributed by atoms with Gasteiger partial charge >= 0.3 is 0 Å². The number of nitrogens with zero attached hydrogens (tertiary/aromatic N) is 1. The third-order valence-electron chi connectivity index (χ3n) is 2.86. The van der Waals surface area contributed by atoms with Crippen molar-refractivity contribution in [2.75, 3.05) is 14.2 Å². The summed E-state index contributed by atoms with van der Waals surface area (Å²) in [5, 5.41) is 0. The third kappa shape index (κ3) is 3.46. The van der Waals surface area contributed by atoms with Crippen LogP contribution >= 0.6 is 0 Å². The zero-order valence-corrected chi connectivity index (χ0v) is 10.6. The van der Waals surface area contributed by atoms with E-state index in [4.69, 9.17) is 10.5 Å². The standard InChI is InChI=1S/C13H20N2O2/c1-4-11(13(14)16)15(2)9-10-7-5-6-8-12(10)17-3/h5-8,11H,4,9H2,1-3H3,(H2,14,16). The van der Waals surface area contributed by atoms with Crippen LogP contribution in [0.1, 0.15) is 18.9 Å². The van der Waals surface area contributed by atoms with Gasteiger partial charge in [0.05, 0.1) is 13.2 Å². The third-order valence-corrected chi connectivity index (χ3v) is 2.86. The van der Waals surface area contributed by atoms with Crippen LogP contribution in [-0.2, 0) is 11.3 Å². The Morgan fingerprint density at radius 1 is 1.47 bits per heavy atom. The molecule has 0 radical (unpaired) electrons. The summed E-state index contributed by atoms with van der Waals surface area (Å²) in [6.45, 7) is 2.60. The summed E-state index contributed by atoms with van der Waals surface area (Å²) < 4.78 is 5.28. The Morgan fingerprint density at radius 3 is 2.65 bits per heavy atom. The van der Waals surface area contributed by atoms with Gasteiger partial charge in [0.2, 0.25) is 5.91 Å². The molecule has 0 aromatic heterocycles. The maximum absolute atomic E-state index is 11.3. The zero-order chi connectivity index (χ0) is 12.8. The molecule has 1 aromatic rings. The fourth-order valence-electron chi connectivity index (χ4n) is 1.94. The number of rotatable bonds is 6. The van der Waals surface area contributed by atoms with Gasteiger partial charge in [-0.3, -0.25) is 9.69 Å². The lowest BCUT2D eigenvalue weighted by Gasteiger charge is -2.25. The number of carbonyl (C=O) groups excluding carboxylic acids is 1. The largest absolute Gasteiger partial charge is 0.496 e. The summed E-state index contributed by atoms with van der Waals surface area (Å²) in [5.41, 5.74) is 6.41. The van der Waals surface area contributed by atoms with E-state index in [2.05, 4.69) is 0 Å². The first-order chi connectivity index (χ1) is 8.10. The first-order valence-corrected chi connectivity index (χ1v) is 5.71. The molecular formula is C13H20N2O2. The molecule has 1 rings (SSSR count). The van der Waals surface area contributed by atoms with E-state index in [-0.39, 0.29) is 11.9 Å². The molecule has 0 aliphatic heterocycles. The minimum atomic E-state index is -0.287. The smallest absolute Gasteiger partial charge is 0.234 e. The van der Waals surface area contributed by atoms with Crippen molar-refractivity contribution in [1.29, 1.82) is 0 Å². The molecule has 0 bridgehead atoms. The van der Waals surface area contributed by atoms with Crippen LogP contribution in [0, 0.1) is 0 Å². The molecule has 0 heterocycles. The molecule has 1 atom stereocenters. The number of amides is 1. The molecule has 4 nitrogen and oxygen atoms in total. The maximum atomic E-state index is 11.3. The molecule has 1 aromatic carbocycles. The van der Waals surface area contributed by atoms with Gasteiger partial charge in [0.1, 0.15) is 5.75 Å². The molecule has 1 unspecified atom stereocenters. The molecule has 17 heavy (non-hydrogen) atoms. The number of carbonyl (C=O) groups is 1. The van der Waals surface area contributed by atoms with Crippen molar-refractivity contribution >= 4 is 5.91 Å². The highest BCUT2D eigenvalue weighted by Gasteiger charge is 2.19. The van der Waals surface area contributed by atoms with Crippen LogP contribution < -0.4 is 10.5 Å². The second kappa shape index (κ2) is 6.25. The lowest BCUT2D eigenvalue weighted by atomic mass is 10.1. The maximum Gasteiger partial charge on any atom is 0.234 e. The van der Waals surface area contributed by atoms with E-state index in [1.54, 1.807) is 7.11 Å². The van der Waals surface area contributed by atoms with Gasteiger partial charge in [0, 0.05) is 12.1 Å². The zero-order valence-electron chi connectivity index (χ0n) is 10.6. The Kier molecular flexibility index (Phi) is 4.97. The van der Waals surface area contributed by atoms with Crippen LogP contribution in [0.15, 0.2) is 24.3 Å². The number of hydrogen-bond donors (Lipinski definition) is 1. The van der Waals surface area contributed by atoms with Gasteiger partial charge in [-0.1, -0.05) is 25.1 Å². The summed E-state index contributed by atoms with van der Waals surface area (Å²) in [6.07, 6.45) is 0.709. The SMILES string of the molecule is CCC(C(N)=O)N(C)Cc1ccccc1OC. The second-order valence-electron chi connectivity index (χ2n) is 4.05. The predicted octanol–water partition coefficient (Wildman–Crippen LogP) is 1.39. The fourth-order valence-corrected chi connectivity index (χ4v) is 1.94. The van der Waals surface area contributed by atoms with Gasteiger partial charge < -0.3 is 10.5 Å². The molecule has 2 N–H and O–H groups in total. The number of primary amides is 1. The van der Waals surface area contributed by atoms with Crippen molar-refractivity contribution in [2.24, 2.45) is 5.73 Å². The monoisotopic (exact) mass is 236 g/mol. The second-order valence-corrected chi connectivity index (χ2v) is 4.05. The van der Waals surface area contributed by atoms with E-state index in [0.717, 1.165) is 11.3 Å². The highest BCUT2D eigenvalue weighted by atomic mass is 16.5. The first kappa shape index (κ1) is 13.5. The van der Waals surface area contributed by atoms with Crippen molar-refractivity contribution in [3.63, 3.8) is 0 Å². The summed E-state index contributed by atoms with van der Waals surface area (Å²) in [6, 6.07) is 7.54. The van der Waals surface area contributed by atoms with Crippen LogP contribution in [-0.4, -0.2) is 31.0 Å². The van der Waals surface area contributed by atoms with Crippen LogP contribution in [0.4, 0.5) is 0 Å². The Hall–Kier alpha value is -1.55. The number of hydrogen-bond acceptors (Lipinski definition) is 3. The highest BCUT2D eigenvalue weighted by Crippen LogP contribution is 2.19. The summed E-state index contributed by atoms with van der Waals surface area (Å²) in [7, 11) is 3.54. The summed E-state index contributed by atoms with van der Waals surface area (Å²) in [4.78, 5) is 13.2. The predicted molar refractivity (Wildman–Crippen MR) is 67.7 cm³/mol. The van der Waals surface area contributed by atoms with E-state index in [0.29, 0.717) is 13.0 Å². The molecule has 0 spiro atoms. The lowest BCUT2D eigenvalue weighted by molar-refractivity contribution is -0.123. The van der Waals surface area contributed by atoms with Gasteiger partial charge in [0.15, 0.2) is 0 Å². The van der Waals surface area contributed by atoms with Gasteiger partial charge in [-0.25, -0.2) is 0 Å². The van der Waals surface area contributed by atoms with Crippen LogP contribution in [0.2, 0.25) is 0 Å². The van der Waals surface area contributed by atoms with Crippen LogP contribution in [0.5, 0.6) is 5.75 Å². The van der Waals surface area contributed by atoms with E-state index in [9.17, 15) is 4.79 Å². The molecule has 0 aliphatic rings. The average Bonchev–Trinajstić information content (AvgIpc) is 2.30. The Balaban J connectivity index is 2.79. The number of para-hydroxylation sites is 1. The molecule has 0 aliphatic carbocycles. The van der Waals surface area contributed by atoms with Crippen molar-refractivity contribution in [3.05, 3.63) is 29.8 Å². The Morgan fingerprint density at radius 2 is 2.12 bits per heavy atom. The number of ether oxygens (including phenoxy) is 1. The van der Waals surface area contributed by atoms with Crippen molar-refractivity contribution in [2.45, 2.75) is 25.9 Å². The number of benzene rings is 1. The van der Waals surface area contributed by atoms with Crippen molar-refractivity contribution < 1.29 is 9.53 Å². The fraction of sp³-hybridized carbons (Fsp3) is 0.462.